The van der Waals surface area contributed by atoms with Crippen LogP contribution in [0.5, 0.6) is 11.5 Å². The number of benzene rings is 2. The van der Waals surface area contributed by atoms with Gasteiger partial charge in [-0.15, -0.1) is 0 Å². The van der Waals surface area contributed by atoms with Gasteiger partial charge in [-0.05, 0) is 36.6 Å². The van der Waals surface area contributed by atoms with Crippen molar-refractivity contribution in [3.8, 4) is 11.5 Å². The summed E-state index contributed by atoms with van der Waals surface area (Å²) in [5.41, 5.74) is 0.542. The number of ether oxygens (including phenoxy) is 2. The fourth-order valence-corrected chi connectivity index (χ4v) is 4.06. The van der Waals surface area contributed by atoms with E-state index < -0.39 is 10.0 Å². The molecule has 0 atom stereocenters. The Kier molecular flexibility index (Phi) is 7.64. The third-order valence-electron chi connectivity index (χ3n) is 4.58. The summed E-state index contributed by atoms with van der Waals surface area (Å²) < 4.78 is 52.0. The number of sulfonamides is 1. The van der Waals surface area contributed by atoms with Crippen molar-refractivity contribution < 1.29 is 27.1 Å². The molecule has 2 aromatic carbocycles. The molecule has 162 valence electrons. The number of halogens is 1. The summed E-state index contributed by atoms with van der Waals surface area (Å²) >= 11 is 0. The van der Waals surface area contributed by atoms with E-state index in [1.165, 1.54) is 18.2 Å². The molecular weight excluding hydrogens is 411 g/mol. The highest BCUT2D eigenvalue weighted by Gasteiger charge is 2.18. The van der Waals surface area contributed by atoms with E-state index in [1.807, 2.05) is 0 Å². The summed E-state index contributed by atoms with van der Waals surface area (Å²) in [6.45, 7) is 1.44. The molecule has 30 heavy (non-hydrogen) atoms. The number of hydrogen-bond donors (Lipinski definition) is 2. The van der Waals surface area contributed by atoms with Crippen LogP contribution in [-0.4, -0.2) is 40.6 Å². The molecule has 0 saturated carbocycles. The van der Waals surface area contributed by atoms with Crippen molar-refractivity contribution in [2.24, 2.45) is 0 Å². The molecule has 0 unspecified atom stereocenters. The number of fused-ring (bicyclic) bond motifs is 1. The Morgan fingerprint density at radius 2 is 1.80 bits per heavy atom. The van der Waals surface area contributed by atoms with E-state index >= 15 is 0 Å². The molecule has 3 rings (SSSR count). The van der Waals surface area contributed by atoms with Crippen molar-refractivity contribution in [1.82, 2.24) is 10.0 Å². The minimum absolute atomic E-state index is 0.0843. The van der Waals surface area contributed by atoms with Gasteiger partial charge in [-0.3, -0.25) is 4.79 Å². The van der Waals surface area contributed by atoms with Crippen LogP contribution in [0.15, 0.2) is 47.4 Å². The van der Waals surface area contributed by atoms with E-state index in [9.17, 15) is 17.6 Å². The van der Waals surface area contributed by atoms with Gasteiger partial charge < -0.3 is 14.8 Å². The van der Waals surface area contributed by atoms with Crippen LogP contribution in [0.25, 0.3) is 0 Å². The van der Waals surface area contributed by atoms with Crippen LogP contribution in [0.1, 0.15) is 24.8 Å². The second-order valence-corrected chi connectivity index (χ2v) is 8.62. The fraction of sp³-hybridized carbons (Fsp3) is 0.381. The third kappa shape index (κ3) is 6.17. The lowest BCUT2D eigenvalue weighted by molar-refractivity contribution is -0.121. The molecule has 1 aliphatic heterocycles. The highest BCUT2D eigenvalue weighted by atomic mass is 32.2. The topological polar surface area (TPSA) is 93.7 Å². The summed E-state index contributed by atoms with van der Waals surface area (Å²) in [4.78, 5) is 12.0. The average Bonchev–Trinajstić information content (AvgIpc) is 2.97. The normalized spacial score (nSPS) is 13.5. The van der Waals surface area contributed by atoms with Crippen LogP contribution in [0.2, 0.25) is 0 Å². The molecule has 1 amide bonds. The Balaban J connectivity index is 1.40. The maximum atomic E-state index is 13.5. The van der Waals surface area contributed by atoms with Gasteiger partial charge in [0.25, 0.3) is 0 Å². The predicted octanol–water partition coefficient (Wildman–Crippen LogP) is 2.40. The monoisotopic (exact) mass is 436 g/mol. The van der Waals surface area contributed by atoms with Gasteiger partial charge in [0, 0.05) is 32.0 Å². The van der Waals surface area contributed by atoms with Gasteiger partial charge in [-0.25, -0.2) is 17.5 Å². The highest BCUT2D eigenvalue weighted by molar-refractivity contribution is 7.89. The molecule has 0 bridgehead atoms. The molecule has 0 radical (unpaired) electrons. The molecule has 0 aromatic heterocycles. The van der Waals surface area contributed by atoms with Crippen LogP contribution in [-0.2, 0) is 21.2 Å². The minimum Gasteiger partial charge on any atom is -0.490 e. The van der Waals surface area contributed by atoms with Crippen LogP contribution >= 0.6 is 0 Å². The van der Waals surface area contributed by atoms with E-state index in [0.29, 0.717) is 49.7 Å². The lowest BCUT2D eigenvalue weighted by Gasteiger charge is -2.11. The lowest BCUT2D eigenvalue weighted by atomic mass is 10.1. The number of hydrogen-bond acceptors (Lipinski definition) is 5. The standard InChI is InChI=1S/C21H25FN2O5S/c22-18-6-2-1-5-16(18)10-12-23-21(25)7-3-11-24-30(26,27)17-8-9-19-20(15-17)29-14-4-13-28-19/h1-2,5-6,8-9,15,24H,3-4,7,10-14H2,(H,23,25). The van der Waals surface area contributed by atoms with Gasteiger partial charge in [0.05, 0.1) is 18.1 Å². The van der Waals surface area contributed by atoms with Crippen LogP contribution < -0.4 is 19.5 Å². The van der Waals surface area contributed by atoms with E-state index in [2.05, 4.69) is 10.0 Å². The van der Waals surface area contributed by atoms with Crippen molar-refractivity contribution in [3.63, 3.8) is 0 Å². The molecule has 7 nitrogen and oxygen atoms in total. The summed E-state index contributed by atoms with van der Waals surface area (Å²) in [6, 6.07) is 10.9. The van der Waals surface area contributed by atoms with Crippen molar-refractivity contribution >= 4 is 15.9 Å². The molecule has 0 spiro atoms. The van der Waals surface area contributed by atoms with E-state index in [1.54, 1.807) is 24.3 Å². The third-order valence-corrected chi connectivity index (χ3v) is 6.04. The Morgan fingerprint density at radius 3 is 2.60 bits per heavy atom. The number of amides is 1. The van der Waals surface area contributed by atoms with Crippen molar-refractivity contribution in [2.75, 3.05) is 26.3 Å². The van der Waals surface area contributed by atoms with E-state index in [-0.39, 0.29) is 29.6 Å². The first-order chi connectivity index (χ1) is 14.5. The predicted molar refractivity (Wildman–Crippen MR) is 110 cm³/mol. The Hall–Kier alpha value is -2.65. The summed E-state index contributed by atoms with van der Waals surface area (Å²) in [5.74, 6) is 0.431. The zero-order valence-electron chi connectivity index (χ0n) is 16.5. The number of rotatable bonds is 9. The van der Waals surface area contributed by atoms with E-state index in [0.717, 1.165) is 6.42 Å². The van der Waals surface area contributed by atoms with Crippen molar-refractivity contribution in [1.29, 1.82) is 0 Å². The summed E-state index contributed by atoms with van der Waals surface area (Å²) in [7, 11) is -3.72. The first-order valence-corrected chi connectivity index (χ1v) is 11.3. The maximum Gasteiger partial charge on any atom is 0.240 e. The van der Waals surface area contributed by atoms with Gasteiger partial charge >= 0.3 is 0 Å². The number of carbonyl (C=O) groups excluding carboxylic acids is 1. The summed E-state index contributed by atoms with van der Waals surface area (Å²) in [6.07, 6.45) is 1.64. The smallest absolute Gasteiger partial charge is 0.240 e. The quantitative estimate of drug-likeness (QED) is 0.589. The van der Waals surface area contributed by atoms with Gasteiger partial charge in [0.15, 0.2) is 11.5 Å². The molecular formula is C21H25FN2O5S. The summed E-state index contributed by atoms with van der Waals surface area (Å²) in [5, 5.41) is 2.71. The lowest BCUT2D eigenvalue weighted by Crippen LogP contribution is -2.28. The van der Waals surface area contributed by atoms with Crippen molar-refractivity contribution in [2.45, 2.75) is 30.6 Å². The molecule has 2 aromatic rings. The van der Waals surface area contributed by atoms with Gasteiger partial charge in [0.2, 0.25) is 15.9 Å². The molecule has 1 heterocycles. The number of carbonyl (C=O) groups is 1. The minimum atomic E-state index is -3.72. The molecule has 0 aliphatic carbocycles. The van der Waals surface area contributed by atoms with E-state index in [4.69, 9.17) is 9.47 Å². The molecule has 0 fully saturated rings. The van der Waals surface area contributed by atoms with Crippen LogP contribution in [0.3, 0.4) is 0 Å². The molecule has 9 heteroatoms. The number of nitrogens with one attached hydrogen (secondary N) is 2. The molecule has 0 saturated heterocycles. The first-order valence-electron chi connectivity index (χ1n) is 9.85. The van der Waals surface area contributed by atoms with Gasteiger partial charge in [0.1, 0.15) is 5.82 Å². The Bertz CT molecular complexity index is 981. The van der Waals surface area contributed by atoms with Gasteiger partial charge in [-0.2, -0.15) is 0 Å². The second kappa shape index (κ2) is 10.4. The fourth-order valence-electron chi connectivity index (χ4n) is 2.98. The zero-order chi connectivity index (χ0) is 21.4. The largest absolute Gasteiger partial charge is 0.490 e. The average molecular weight is 437 g/mol. The maximum absolute atomic E-state index is 13.5. The molecule has 2 N–H and O–H groups in total. The van der Waals surface area contributed by atoms with Crippen molar-refractivity contribution in [3.05, 3.63) is 53.8 Å². The second-order valence-electron chi connectivity index (χ2n) is 6.85. The van der Waals surface area contributed by atoms with Crippen LogP contribution in [0, 0.1) is 5.82 Å². The first kappa shape index (κ1) is 22.0. The SMILES string of the molecule is O=C(CCCNS(=O)(=O)c1ccc2c(c1)OCCCO2)NCCc1ccccc1F. The Morgan fingerprint density at radius 1 is 1.03 bits per heavy atom. The van der Waals surface area contributed by atoms with Gasteiger partial charge in [-0.1, -0.05) is 18.2 Å². The zero-order valence-corrected chi connectivity index (χ0v) is 17.3. The molecule has 1 aliphatic rings. The Labute approximate surface area is 175 Å². The highest BCUT2D eigenvalue weighted by Crippen LogP contribution is 2.31. The van der Waals surface area contributed by atoms with Crippen LogP contribution in [0.4, 0.5) is 4.39 Å².